The lowest BCUT2D eigenvalue weighted by atomic mass is 10.1. The maximum atomic E-state index is 6.19. The number of hydrogen-bond acceptors (Lipinski definition) is 4. The SMILES string of the molecule is Nc1c(NCCC2CCOC2)ccc2ncccc12. The summed E-state index contributed by atoms with van der Waals surface area (Å²) in [6.45, 7) is 2.75. The Hall–Kier alpha value is -1.81. The normalized spacial score (nSPS) is 18.8. The average molecular weight is 257 g/mol. The second-order valence-electron chi connectivity index (χ2n) is 5.04. The highest BCUT2D eigenvalue weighted by atomic mass is 16.5. The van der Waals surface area contributed by atoms with Crippen LogP contribution in [0, 0.1) is 5.92 Å². The number of pyridine rings is 1. The first-order valence-corrected chi connectivity index (χ1v) is 6.79. The molecular weight excluding hydrogens is 238 g/mol. The second kappa shape index (κ2) is 5.45. The first-order valence-electron chi connectivity index (χ1n) is 6.79. The summed E-state index contributed by atoms with van der Waals surface area (Å²) in [6, 6.07) is 7.94. The highest BCUT2D eigenvalue weighted by molar-refractivity contribution is 5.96. The molecule has 100 valence electrons. The van der Waals surface area contributed by atoms with Crippen molar-refractivity contribution in [2.75, 3.05) is 30.8 Å². The quantitative estimate of drug-likeness (QED) is 0.827. The van der Waals surface area contributed by atoms with Gasteiger partial charge in [-0.05, 0) is 43.0 Å². The lowest BCUT2D eigenvalue weighted by Gasteiger charge is -2.13. The Morgan fingerprint density at radius 3 is 3.16 bits per heavy atom. The Labute approximate surface area is 113 Å². The van der Waals surface area contributed by atoms with Crippen molar-refractivity contribution in [2.24, 2.45) is 5.92 Å². The average Bonchev–Trinajstić information content (AvgIpc) is 2.95. The second-order valence-corrected chi connectivity index (χ2v) is 5.04. The maximum absolute atomic E-state index is 6.19. The summed E-state index contributed by atoms with van der Waals surface area (Å²) in [5, 5.41) is 4.43. The molecule has 1 aromatic heterocycles. The molecule has 19 heavy (non-hydrogen) atoms. The van der Waals surface area contributed by atoms with E-state index in [0.29, 0.717) is 5.92 Å². The van der Waals surface area contributed by atoms with E-state index < -0.39 is 0 Å². The minimum Gasteiger partial charge on any atom is -0.397 e. The van der Waals surface area contributed by atoms with E-state index in [1.165, 1.54) is 6.42 Å². The Kier molecular flexibility index (Phi) is 3.51. The fraction of sp³-hybridized carbons (Fsp3) is 0.400. The molecule has 1 saturated heterocycles. The van der Waals surface area contributed by atoms with Gasteiger partial charge in [-0.15, -0.1) is 0 Å². The molecule has 1 aliphatic heterocycles. The van der Waals surface area contributed by atoms with Crippen molar-refractivity contribution < 1.29 is 4.74 Å². The third kappa shape index (κ3) is 2.63. The van der Waals surface area contributed by atoms with Crippen LogP contribution in [0.3, 0.4) is 0 Å². The van der Waals surface area contributed by atoms with E-state index >= 15 is 0 Å². The van der Waals surface area contributed by atoms with Crippen molar-refractivity contribution >= 4 is 22.3 Å². The van der Waals surface area contributed by atoms with Gasteiger partial charge in [-0.2, -0.15) is 0 Å². The molecule has 0 saturated carbocycles. The molecule has 2 heterocycles. The molecule has 0 radical (unpaired) electrons. The number of nitrogens with two attached hydrogens (primary N) is 1. The molecule has 0 amide bonds. The summed E-state index contributed by atoms with van der Waals surface area (Å²) in [5.41, 5.74) is 8.91. The Morgan fingerprint density at radius 2 is 2.32 bits per heavy atom. The van der Waals surface area contributed by atoms with E-state index in [1.54, 1.807) is 6.20 Å². The van der Waals surface area contributed by atoms with Crippen LogP contribution in [0.25, 0.3) is 10.9 Å². The molecule has 0 bridgehead atoms. The molecule has 1 fully saturated rings. The van der Waals surface area contributed by atoms with Crippen LogP contribution in [0.4, 0.5) is 11.4 Å². The molecule has 4 heteroatoms. The molecule has 0 aliphatic carbocycles. The van der Waals surface area contributed by atoms with Crippen molar-refractivity contribution in [1.29, 1.82) is 0 Å². The number of nitrogens with zero attached hydrogens (tertiary/aromatic N) is 1. The van der Waals surface area contributed by atoms with Gasteiger partial charge >= 0.3 is 0 Å². The zero-order valence-corrected chi connectivity index (χ0v) is 10.9. The van der Waals surface area contributed by atoms with E-state index in [4.69, 9.17) is 10.5 Å². The van der Waals surface area contributed by atoms with E-state index in [9.17, 15) is 0 Å². The Morgan fingerprint density at radius 1 is 1.37 bits per heavy atom. The molecule has 1 aromatic carbocycles. The highest BCUT2D eigenvalue weighted by Crippen LogP contribution is 2.27. The van der Waals surface area contributed by atoms with Gasteiger partial charge in [-0.25, -0.2) is 0 Å². The predicted octanol–water partition coefficient (Wildman–Crippen LogP) is 2.66. The van der Waals surface area contributed by atoms with Gasteiger partial charge in [0.1, 0.15) is 0 Å². The van der Waals surface area contributed by atoms with E-state index in [2.05, 4.69) is 10.3 Å². The van der Waals surface area contributed by atoms with Gasteiger partial charge in [-0.3, -0.25) is 4.98 Å². The summed E-state index contributed by atoms with van der Waals surface area (Å²) in [5.74, 6) is 0.691. The zero-order chi connectivity index (χ0) is 13.1. The van der Waals surface area contributed by atoms with Crippen LogP contribution >= 0.6 is 0 Å². The van der Waals surface area contributed by atoms with Gasteiger partial charge in [0.15, 0.2) is 0 Å². The van der Waals surface area contributed by atoms with Crippen molar-refractivity contribution in [3.63, 3.8) is 0 Å². The van der Waals surface area contributed by atoms with Gasteiger partial charge in [-0.1, -0.05) is 0 Å². The minimum absolute atomic E-state index is 0.691. The van der Waals surface area contributed by atoms with Crippen LogP contribution in [0.15, 0.2) is 30.5 Å². The van der Waals surface area contributed by atoms with Gasteiger partial charge in [0, 0.05) is 31.3 Å². The number of ether oxygens (including phenoxy) is 1. The Balaban J connectivity index is 1.68. The van der Waals surface area contributed by atoms with E-state index in [-0.39, 0.29) is 0 Å². The number of hydrogen-bond donors (Lipinski definition) is 2. The van der Waals surface area contributed by atoms with Gasteiger partial charge in [0.25, 0.3) is 0 Å². The molecule has 1 unspecified atom stereocenters. The van der Waals surface area contributed by atoms with E-state index in [1.807, 2.05) is 24.3 Å². The first kappa shape index (κ1) is 12.2. The molecule has 3 N–H and O–H groups in total. The largest absolute Gasteiger partial charge is 0.397 e. The number of anilines is 2. The van der Waals surface area contributed by atoms with Gasteiger partial charge in [0.2, 0.25) is 0 Å². The van der Waals surface area contributed by atoms with Crippen molar-refractivity contribution in [3.8, 4) is 0 Å². The molecular formula is C15H19N3O. The summed E-state index contributed by atoms with van der Waals surface area (Å²) in [7, 11) is 0. The highest BCUT2D eigenvalue weighted by Gasteiger charge is 2.15. The number of rotatable bonds is 4. The van der Waals surface area contributed by atoms with Crippen molar-refractivity contribution in [1.82, 2.24) is 4.98 Å². The third-order valence-electron chi connectivity index (χ3n) is 3.72. The van der Waals surface area contributed by atoms with Crippen LogP contribution < -0.4 is 11.1 Å². The number of benzene rings is 1. The van der Waals surface area contributed by atoms with Crippen LogP contribution in [0.5, 0.6) is 0 Å². The topological polar surface area (TPSA) is 60.2 Å². The van der Waals surface area contributed by atoms with Crippen LogP contribution in [-0.4, -0.2) is 24.7 Å². The molecule has 1 aliphatic rings. The lowest BCUT2D eigenvalue weighted by Crippen LogP contribution is -2.10. The van der Waals surface area contributed by atoms with Crippen LogP contribution in [0.2, 0.25) is 0 Å². The smallest absolute Gasteiger partial charge is 0.0724 e. The summed E-state index contributed by atoms with van der Waals surface area (Å²) in [4.78, 5) is 4.30. The van der Waals surface area contributed by atoms with Crippen LogP contribution in [0.1, 0.15) is 12.8 Å². The molecule has 2 aromatic rings. The van der Waals surface area contributed by atoms with Gasteiger partial charge in [0.05, 0.1) is 16.9 Å². The summed E-state index contributed by atoms with van der Waals surface area (Å²) < 4.78 is 5.38. The number of aromatic nitrogens is 1. The Bertz CT molecular complexity index is 564. The summed E-state index contributed by atoms with van der Waals surface area (Å²) >= 11 is 0. The maximum Gasteiger partial charge on any atom is 0.0724 e. The third-order valence-corrected chi connectivity index (χ3v) is 3.72. The molecule has 1 atom stereocenters. The predicted molar refractivity (Wildman–Crippen MR) is 78.2 cm³/mol. The van der Waals surface area contributed by atoms with E-state index in [0.717, 1.165) is 48.5 Å². The molecule has 4 nitrogen and oxygen atoms in total. The molecule has 0 spiro atoms. The zero-order valence-electron chi connectivity index (χ0n) is 10.9. The fourth-order valence-electron chi connectivity index (χ4n) is 2.55. The minimum atomic E-state index is 0.691. The van der Waals surface area contributed by atoms with Gasteiger partial charge < -0.3 is 15.8 Å². The number of nitrogen functional groups attached to an aromatic ring is 1. The number of fused-ring (bicyclic) bond motifs is 1. The van der Waals surface area contributed by atoms with Crippen LogP contribution in [-0.2, 0) is 4.74 Å². The monoisotopic (exact) mass is 257 g/mol. The van der Waals surface area contributed by atoms with Crippen molar-refractivity contribution in [2.45, 2.75) is 12.8 Å². The fourth-order valence-corrected chi connectivity index (χ4v) is 2.55. The van der Waals surface area contributed by atoms with Crippen molar-refractivity contribution in [3.05, 3.63) is 30.5 Å². The first-order chi connectivity index (χ1) is 9.34. The molecule has 3 rings (SSSR count). The summed E-state index contributed by atoms with van der Waals surface area (Å²) in [6.07, 6.45) is 4.10. The standard InChI is InChI=1S/C15H19N3O/c16-15-12-2-1-7-17-13(12)3-4-14(15)18-8-5-11-6-9-19-10-11/h1-4,7,11,18H,5-6,8-10,16H2. The lowest BCUT2D eigenvalue weighted by molar-refractivity contribution is 0.185. The number of nitrogens with one attached hydrogen (secondary N) is 1.